The Morgan fingerprint density at radius 2 is 1.82 bits per heavy atom. The summed E-state index contributed by atoms with van der Waals surface area (Å²) in [5.74, 6) is 1.66. The first-order valence-electron chi connectivity index (χ1n) is 7.72. The van der Waals surface area contributed by atoms with Gasteiger partial charge in [-0.1, -0.05) is 12.8 Å². The van der Waals surface area contributed by atoms with E-state index in [4.69, 9.17) is 0 Å². The first kappa shape index (κ1) is 14.7. The lowest BCUT2D eigenvalue weighted by Crippen LogP contribution is -2.20. The molecule has 22 heavy (non-hydrogen) atoms. The maximum Gasteiger partial charge on any atom is 0.235 e. The monoisotopic (exact) mass is 299 g/mol. The minimum atomic E-state index is 0.0830. The molecule has 1 saturated carbocycles. The summed E-state index contributed by atoms with van der Waals surface area (Å²) >= 11 is 0. The van der Waals surface area contributed by atoms with E-state index in [0.29, 0.717) is 11.6 Å². The average Bonchev–Trinajstić information content (AvgIpc) is 3.10. The summed E-state index contributed by atoms with van der Waals surface area (Å²) in [6.45, 7) is 5.89. The molecule has 0 aromatic carbocycles. The number of rotatable bonds is 3. The zero-order valence-corrected chi connectivity index (χ0v) is 13.3. The summed E-state index contributed by atoms with van der Waals surface area (Å²) in [5.41, 5.74) is 2.65. The van der Waals surface area contributed by atoms with Gasteiger partial charge in [0.15, 0.2) is 0 Å². The normalized spacial score (nSPS) is 15.2. The highest BCUT2D eigenvalue weighted by Gasteiger charge is 2.22. The molecule has 0 atom stereocenters. The van der Waals surface area contributed by atoms with Crippen molar-refractivity contribution in [2.45, 2.75) is 46.5 Å². The topological polar surface area (TPSA) is 72.7 Å². The Balaban J connectivity index is 1.76. The van der Waals surface area contributed by atoms with E-state index in [0.717, 1.165) is 42.9 Å². The lowest BCUT2D eigenvalue weighted by atomic mass is 10.1. The van der Waals surface area contributed by atoms with E-state index < -0.39 is 0 Å². The van der Waals surface area contributed by atoms with E-state index in [-0.39, 0.29) is 11.8 Å². The van der Waals surface area contributed by atoms with Crippen LogP contribution in [0.5, 0.6) is 0 Å². The van der Waals surface area contributed by atoms with Crippen LogP contribution in [0.25, 0.3) is 5.95 Å². The predicted octanol–water partition coefficient (Wildman–Crippen LogP) is 2.72. The van der Waals surface area contributed by atoms with E-state index in [1.165, 1.54) is 0 Å². The molecule has 2 aromatic rings. The van der Waals surface area contributed by atoms with Crippen LogP contribution in [-0.2, 0) is 4.79 Å². The quantitative estimate of drug-likeness (QED) is 0.945. The van der Waals surface area contributed by atoms with E-state index in [9.17, 15) is 4.79 Å². The number of imidazole rings is 1. The number of aryl methyl sites for hydroxylation is 2. The predicted molar refractivity (Wildman–Crippen MR) is 84.0 cm³/mol. The van der Waals surface area contributed by atoms with Crippen LogP contribution in [-0.4, -0.2) is 25.4 Å². The largest absolute Gasteiger partial charge is 0.323 e. The zero-order valence-electron chi connectivity index (χ0n) is 13.3. The van der Waals surface area contributed by atoms with Crippen LogP contribution < -0.4 is 5.32 Å². The number of nitrogens with zero attached hydrogens (tertiary/aromatic N) is 4. The number of hydrogen-bond acceptors (Lipinski definition) is 4. The summed E-state index contributed by atoms with van der Waals surface area (Å²) < 4.78 is 1.91. The Hall–Kier alpha value is -2.24. The number of aromatic nitrogens is 4. The smallest absolute Gasteiger partial charge is 0.235 e. The molecule has 2 aromatic heterocycles. The minimum absolute atomic E-state index is 0.0830. The van der Waals surface area contributed by atoms with Crippen LogP contribution in [0.4, 0.5) is 5.69 Å². The maximum atomic E-state index is 12.1. The highest BCUT2D eigenvalue weighted by atomic mass is 16.1. The van der Waals surface area contributed by atoms with Crippen LogP contribution in [0.2, 0.25) is 0 Å². The number of anilines is 1. The van der Waals surface area contributed by atoms with Crippen molar-refractivity contribution in [3.63, 3.8) is 0 Å². The Morgan fingerprint density at radius 3 is 2.36 bits per heavy atom. The van der Waals surface area contributed by atoms with Gasteiger partial charge in [-0.15, -0.1) is 0 Å². The van der Waals surface area contributed by atoms with Crippen molar-refractivity contribution in [1.29, 1.82) is 0 Å². The van der Waals surface area contributed by atoms with Gasteiger partial charge < -0.3 is 5.32 Å². The molecular weight excluding hydrogens is 278 g/mol. The fraction of sp³-hybridized carbons (Fsp3) is 0.500. The molecule has 6 nitrogen and oxygen atoms in total. The molecule has 3 rings (SSSR count). The highest BCUT2D eigenvalue weighted by molar-refractivity contribution is 5.92. The zero-order chi connectivity index (χ0) is 15.7. The number of carbonyl (C=O) groups excluding carboxylic acids is 1. The summed E-state index contributed by atoms with van der Waals surface area (Å²) in [6, 6.07) is 0. The van der Waals surface area contributed by atoms with Gasteiger partial charge in [-0.05, 0) is 33.6 Å². The van der Waals surface area contributed by atoms with Crippen molar-refractivity contribution < 1.29 is 4.79 Å². The molecule has 0 aliphatic heterocycles. The van der Waals surface area contributed by atoms with Gasteiger partial charge in [0, 0.05) is 11.6 Å². The minimum Gasteiger partial charge on any atom is -0.323 e. The van der Waals surface area contributed by atoms with Gasteiger partial charge >= 0.3 is 0 Å². The molecule has 0 unspecified atom stereocenters. The molecule has 1 aliphatic carbocycles. The summed E-state index contributed by atoms with van der Waals surface area (Å²) in [6.07, 6.45) is 7.57. The number of amides is 1. The molecule has 1 N–H and O–H groups in total. The molecule has 1 amide bonds. The van der Waals surface area contributed by atoms with E-state index in [1.807, 2.05) is 25.3 Å². The van der Waals surface area contributed by atoms with Crippen molar-refractivity contribution in [2.24, 2.45) is 5.92 Å². The third-order valence-corrected chi connectivity index (χ3v) is 4.34. The standard InChI is InChI=1S/C16H21N5O/c1-10-11(2)21(12(3)19-10)16-17-8-14(9-18-16)20-15(22)13-6-4-5-7-13/h8-9,13H,4-7H2,1-3H3,(H,20,22). The lowest BCUT2D eigenvalue weighted by molar-refractivity contribution is -0.119. The molecular formula is C16H21N5O. The third kappa shape index (κ3) is 2.73. The SMILES string of the molecule is Cc1nc(C)n(-c2ncc(NC(=O)C3CCCC3)cn2)c1C. The number of carbonyl (C=O) groups is 1. The fourth-order valence-electron chi connectivity index (χ4n) is 3.01. The van der Waals surface area contributed by atoms with Gasteiger partial charge in [0.2, 0.25) is 11.9 Å². The van der Waals surface area contributed by atoms with Crippen molar-refractivity contribution in [1.82, 2.24) is 19.5 Å². The van der Waals surface area contributed by atoms with Gasteiger partial charge in [0.25, 0.3) is 0 Å². The summed E-state index contributed by atoms with van der Waals surface area (Å²) in [5, 5.41) is 2.91. The molecule has 2 heterocycles. The van der Waals surface area contributed by atoms with Crippen molar-refractivity contribution in [2.75, 3.05) is 5.32 Å². The van der Waals surface area contributed by atoms with Crippen LogP contribution in [0.1, 0.15) is 42.9 Å². The molecule has 6 heteroatoms. The lowest BCUT2D eigenvalue weighted by Gasteiger charge is -2.11. The second-order valence-electron chi connectivity index (χ2n) is 5.91. The average molecular weight is 299 g/mol. The molecule has 0 spiro atoms. The Morgan fingerprint density at radius 1 is 1.18 bits per heavy atom. The summed E-state index contributed by atoms with van der Waals surface area (Å²) in [7, 11) is 0. The Labute approximate surface area is 130 Å². The Bertz CT molecular complexity index is 683. The van der Waals surface area contributed by atoms with Crippen molar-refractivity contribution >= 4 is 11.6 Å². The molecule has 116 valence electrons. The first-order valence-corrected chi connectivity index (χ1v) is 7.72. The number of nitrogens with one attached hydrogen (secondary N) is 1. The van der Waals surface area contributed by atoms with Gasteiger partial charge in [-0.25, -0.2) is 15.0 Å². The van der Waals surface area contributed by atoms with E-state index >= 15 is 0 Å². The molecule has 0 radical (unpaired) electrons. The van der Waals surface area contributed by atoms with Crippen molar-refractivity contribution in [3.05, 3.63) is 29.6 Å². The van der Waals surface area contributed by atoms with Gasteiger partial charge in [0.1, 0.15) is 5.82 Å². The van der Waals surface area contributed by atoms with E-state index in [1.54, 1.807) is 12.4 Å². The highest BCUT2D eigenvalue weighted by Crippen LogP contribution is 2.25. The van der Waals surface area contributed by atoms with E-state index in [2.05, 4.69) is 20.3 Å². The van der Waals surface area contributed by atoms with Crippen LogP contribution in [0, 0.1) is 26.7 Å². The second kappa shape index (κ2) is 5.87. The fourth-order valence-corrected chi connectivity index (χ4v) is 3.01. The van der Waals surface area contributed by atoms with Crippen molar-refractivity contribution in [3.8, 4) is 5.95 Å². The van der Waals surface area contributed by atoms with Crippen LogP contribution >= 0.6 is 0 Å². The Kier molecular flexibility index (Phi) is 3.92. The third-order valence-electron chi connectivity index (χ3n) is 4.34. The van der Waals surface area contributed by atoms with Gasteiger partial charge in [-0.2, -0.15) is 0 Å². The van der Waals surface area contributed by atoms with Gasteiger partial charge in [-0.3, -0.25) is 9.36 Å². The van der Waals surface area contributed by atoms with Crippen LogP contribution in [0.3, 0.4) is 0 Å². The molecule has 1 aliphatic rings. The summed E-state index contributed by atoms with van der Waals surface area (Å²) in [4.78, 5) is 25.2. The number of hydrogen-bond donors (Lipinski definition) is 1. The second-order valence-corrected chi connectivity index (χ2v) is 5.91. The molecule has 0 bridgehead atoms. The van der Waals surface area contributed by atoms with Gasteiger partial charge in [0.05, 0.1) is 23.8 Å². The first-order chi connectivity index (χ1) is 10.6. The molecule has 1 fully saturated rings. The van der Waals surface area contributed by atoms with Crippen LogP contribution in [0.15, 0.2) is 12.4 Å². The molecule has 0 saturated heterocycles. The maximum absolute atomic E-state index is 12.1.